The Morgan fingerprint density at radius 3 is 1.30 bits per heavy atom. The van der Waals surface area contributed by atoms with Crippen LogP contribution in [0.3, 0.4) is 0 Å². The van der Waals surface area contributed by atoms with Gasteiger partial charge in [0.2, 0.25) is 0 Å². The molecule has 0 aliphatic heterocycles. The monoisotopic (exact) mass is 188 g/mol. The maximum absolute atomic E-state index is 9.11. The van der Waals surface area contributed by atoms with Crippen molar-refractivity contribution in [2.45, 2.75) is 26.4 Å². The molecule has 0 spiro atoms. The molecule has 6 heteroatoms. The van der Waals surface area contributed by atoms with Gasteiger partial charge in [-0.05, 0) is 20.8 Å². The van der Waals surface area contributed by atoms with Crippen molar-refractivity contribution in [3.8, 4) is 0 Å². The average Bonchev–Trinajstić information content (AvgIpc) is 1.12. The molecule has 0 aromatic heterocycles. The second-order valence-corrected chi connectivity index (χ2v) is 4.82. The molecule has 0 heterocycles. The summed E-state index contributed by atoms with van der Waals surface area (Å²) in [7, 11) is -3.83. The van der Waals surface area contributed by atoms with Crippen LogP contribution < -0.4 is 0 Å². The third-order valence-corrected chi connectivity index (χ3v) is 0. The van der Waals surface area contributed by atoms with E-state index in [1.807, 2.05) is 0 Å². The van der Waals surface area contributed by atoms with E-state index in [1.54, 1.807) is 20.8 Å². The highest BCUT2D eigenvalue weighted by molar-refractivity contribution is 8.26. The lowest BCUT2D eigenvalue weighted by molar-refractivity contribution is 0.102. The van der Waals surface area contributed by atoms with Crippen LogP contribution in [-0.2, 0) is 20.2 Å². The van der Waals surface area contributed by atoms with Crippen LogP contribution in [0.5, 0.6) is 0 Å². The Hall–Kier alpha value is 0.250. The van der Waals surface area contributed by atoms with Gasteiger partial charge in [0.25, 0.3) is 9.05 Å². The molecule has 0 aromatic carbocycles. The van der Waals surface area contributed by atoms with Gasteiger partial charge in [0.05, 0.1) is 5.60 Å². The minimum atomic E-state index is -3.83. The largest absolute Gasteiger partial charge is 0.391 e. The standard InChI is InChI=1S/C4H10O.H2O3S2/c1-4(2,3)5;1-5(2,3)4/h5H,1-3H3;(H2,1,2,3,4). The summed E-state index contributed by atoms with van der Waals surface area (Å²) in [5, 5.41) is 8.52. The van der Waals surface area contributed by atoms with E-state index in [0.717, 1.165) is 0 Å². The second-order valence-electron chi connectivity index (χ2n) is 2.62. The molecule has 0 atom stereocenters. The smallest absolute Gasteiger partial charge is 0.263 e. The topological polar surface area (TPSA) is 77.8 Å². The van der Waals surface area contributed by atoms with Crippen molar-refractivity contribution in [2.24, 2.45) is 0 Å². The van der Waals surface area contributed by atoms with Crippen molar-refractivity contribution in [1.29, 1.82) is 0 Å². The number of rotatable bonds is 0. The Balaban J connectivity index is 0. The van der Waals surface area contributed by atoms with Gasteiger partial charge in [-0.2, -0.15) is 4.21 Å². The van der Waals surface area contributed by atoms with E-state index in [1.165, 1.54) is 0 Å². The molecule has 3 N–H and O–H groups in total. The molecule has 0 aromatic rings. The molecular formula is C4H12O4S2. The summed E-state index contributed by atoms with van der Waals surface area (Å²) >= 11 is 3.47. The van der Waals surface area contributed by atoms with Crippen LogP contribution >= 0.6 is 0 Å². The van der Waals surface area contributed by atoms with E-state index in [2.05, 4.69) is 11.2 Å². The molecule has 0 saturated carbocycles. The summed E-state index contributed by atoms with van der Waals surface area (Å²) < 4.78 is 24.0. The SMILES string of the molecule is CC(C)(C)O.O=S(O)(O)=S. The fraction of sp³-hybridized carbons (Fsp3) is 1.00. The van der Waals surface area contributed by atoms with Crippen LogP contribution in [0.4, 0.5) is 0 Å². The molecule has 0 aliphatic rings. The minimum Gasteiger partial charge on any atom is -0.391 e. The van der Waals surface area contributed by atoms with E-state index in [9.17, 15) is 0 Å². The van der Waals surface area contributed by atoms with Gasteiger partial charge in [0, 0.05) is 11.2 Å². The van der Waals surface area contributed by atoms with E-state index >= 15 is 0 Å². The molecule has 0 aliphatic carbocycles. The maximum Gasteiger partial charge on any atom is 0.263 e. The summed E-state index contributed by atoms with van der Waals surface area (Å²) in [6, 6.07) is 0. The van der Waals surface area contributed by atoms with Crippen LogP contribution in [0.25, 0.3) is 0 Å². The lowest BCUT2D eigenvalue weighted by Gasteiger charge is -2.04. The fourth-order valence-electron chi connectivity index (χ4n) is 0. The Morgan fingerprint density at radius 1 is 1.30 bits per heavy atom. The number of aliphatic hydroxyl groups is 1. The van der Waals surface area contributed by atoms with Gasteiger partial charge >= 0.3 is 0 Å². The molecule has 64 valence electrons. The zero-order chi connectivity index (χ0) is 9.00. The Labute approximate surface area is 65.6 Å². The quantitative estimate of drug-likeness (QED) is 0.514. The first-order chi connectivity index (χ1) is 4.00. The number of hydrogen-bond donors (Lipinski definition) is 3. The molecule has 0 bridgehead atoms. The summed E-state index contributed by atoms with van der Waals surface area (Å²) in [6.45, 7) is 5.23. The van der Waals surface area contributed by atoms with Gasteiger partial charge < -0.3 is 5.11 Å². The zero-order valence-electron chi connectivity index (χ0n) is 6.07. The van der Waals surface area contributed by atoms with Crippen molar-refractivity contribution in [3.63, 3.8) is 0 Å². The van der Waals surface area contributed by atoms with Crippen molar-refractivity contribution in [2.75, 3.05) is 0 Å². The summed E-state index contributed by atoms with van der Waals surface area (Å²) in [5.41, 5.74) is -0.500. The van der Waals surface area contributed by atoms with Crippen molar-refractivity contribution >= 4 is 20.2 Å². The van der Waals surface area contributed by atoms with E-state index < -0.39 is 14.7 Å². The van der Waals surface area contributed by atoms with E-state index in [-0.39, 0.29) is 0 Å². The lowest BCUT2D eigenvalue weighted by atomic mass is 10.2. The normalized spacial score (nSPS) is 11.8. The van der Waals surface area contributed by atoms with Gasteiger partial charge in [-0.3, -0.25) is 9.11 Å². The minimum absolute atomic E-state index is 0.500. The van der Waals surface area contributed by atoms with E-state index in [0.29, 0.717) is 0 Å². The van der Waals surface area contributed by atoms with Crippen LogP contribution in [-0.4, -0.2) is 24.0 Å². The molecule has 0 radical (unpaired) electrons. The Morgan fingerprint density at radius 2 is 1.30 bits per heavy atom. The van der Waals surface area contributed by atoms with Crippen molar-refractivity contribution in [3.05, 3.63) is 0 Å². The molecular weight excluding hydrogens is 176 g/mol. The van der Waals surface area contributed by atoms with E-state index in [4.69, 9.17) is 18.4 Å². The molecule has 0 amide bonds. The predicted molar refractivity (Wildman–Crippen MR) is 42.7 cm³/mol. The Kier molecular flexibility index (Phi) is 5.41. The molecule has 4 nitrogen and oxygen atoms in total. The summed E-state index contributed by atoms with van der Waals surface area (Å²) in [4.78, 5) is 0. The van der Waals surface area contributed by atoms with Gasteiger partial charge in [0.1, 0.15) is 0 Å². The van der Waals surface area contributed by atoms with Crippen LogP contribution in [0.1, 0.15) is 20.8 Å². The third kappa shape index (κ3) is 6940. The van der Waals surface area contributed by atoms with Gasteiger partial charge in [-0.15, -0.1) is 0 Å². The molecule has 0 rings (SSSR count). The maximum atomic E-state index is 9.11. The molecule has 0 fully saturated rings. The summed E-state index contributed by atoms with van der Waals surface area (Å²) in [6.07, 6.45) is 0. The van der Waals surface area contributed by atoms with Crippen LogP contribution in [0.15, 0.2) is 0 Å². The average molecular weight is 188 g/mol. The number of hydrogen-bond acceptors (Lipinski definition) is 3. The molecule has 0 unspecified atom stereocenters. The van der Waals surface area contributed by atoms with Crippen LogP contribution in [0.2, 0.25) is 0 Å². The molecule has 0 saturated heterocycles. The van der Waals surface area contributed by atoms with Gasteiger partial charge in [-0.25, -0.2) is 0 Å². The fourth-order valence-corrected chi connectivity index (χ4v) is 0. The zero-order valence-corrected chi connectivity index (χ0v) is 7.70. The highest BCUT2D eigenvalue weighted by atomic mass is 32.9. The van der Waals surface area contributed by atoms with Gasteiger partial charge in [0.15, 0.2) is 0 Å². The highest BCUT2D eigenvalue weighted by Gasteiger charge is 1.97. The van der Waals surface area contributed by atoms with Gasteiger partial charge in [-0.1, -0.05) is 0 Å². The lowest BCUT2D eigenvalue weighted by Crippen LogP contribution is -2.10. The highest BCUT2D eigenvalue weighted by Crippen LogP contribution is 1.93. The van der Waals surface area contributed by atoms with Crippen LogP contribution in [0, 0.1) is 0 Å². The Bertz CT molecular complexity index is 150. The van der Waals surface area contributed by atoms with Crippen molar-refractivity contribution in [1.82, 2.24) is 0 Å². The summed E-state index contributed by atoms with van der Waals surface area (Å²) in [5.74, 6) is 0. The third-order valence-electron chi connectivity index (χ3n) is 0. The first kappa shape index (κ1) is 12.9. The van der Waals surface area contributed by atoms with Crippen molar-refractivity contribution < 1.29 is 18.4 Å². The predicted octanol–water partition coefficient (Wildman–Crippen LogP) is 0.456. The molecule has 10 heavy (non-hydrogen) atoms. The second kappa shape index (κ2) is 4.20. The first-order valence-corrected chi connectivity index (χ1v) is 4.82. The first-order valence-electron chi connectivity index (χ1n) is 2.42.